The number of carbonyl (C=O) groups is 1. The second-order valence-corrected chi connectivity index (χ2v) is 7.56. The first-order valence-electron chi connectivity index (χ1n) is 8.95. The molecule has 2 aliphatic rings. The zero-order valence-corrected chi connectivity index (χ0v) is 15.3. The number of nitrogens with zero attached hydrogens (tertiary/aromatic N) is 1. The highest BCUT2D eigenvalue weighted by Gasteiger charge is 2.46. The van der Waals surface area contributed by atoms with Gasteiger partial charge in [-0.15, -0.1) is 10.1 Å². The van der Waals surface area contributed by atoms with Gasteiger partial charge in [-0.1, -0.05) is 6.08 Å². The van der Waals surface area contributed by atoms with Crippen molar-refractivity contribution >= 4 is 5.97 Å². The molecule has 1 aliphatic carbocycles. The molecule has 0 saturated carbocycles. The van der Waals surface area contributed by atoms with Gasteiger partial charge in [-0.2, -0.15) is 0 Å². The number of aryl methyl sites for hydroxylation is 1. The average Bonchev–Trinajstić information content (AvgIpc) is 2.57. The fourth-order valence-corrected chi connectivity index (χ4v) is 4.16. The summed E-state index contributed by atoms with van der Waals surface area (Å²) in [5, 5.41) is 29.4. The molecule has 1 aliphatic heterocycles. The predicted molar refractivity (Wildman–Crippen MR) is 95.3 cm³/mol. The lowest BCUT2D eigenvalue weighted by molar-refractivity contribution is -0.757. The van der Waals surface area contributed by atoms with Crippen molar-refractivity contribution in [1.82, 2.24) is 0 Å². The van der Waals surface area contributed by atoms with Gasteiger partial charge in [-0.25, -0.2) is 4.79 Å². The van der Waals surface area contributed by atoms with E-state index in [0.29, 0.717) is 42.6 Å². The summed E-state index contributed by atoms with van der Waals surface area (Å²) in [5.41, 5.74) is 1.26. The van der Waals surface area contributed by atoms with Crippen molar-refractivity contribution in [1.29, 1.82) is 0 Å². The van der Waals surface area contributed by atoms with Crippen LogP contribution in [0.25, 0.3) is 0 Å². The van der Waals surface area contributed by atoms with Crippen LogP contribution in [-0.4, -0.2) is 33.5 Å². The third kappa shape index (κ3) is 3.84. The molecule has 2 atom stereocenters. The number of phenols is 1. The highest BCUT2D eigenvalue weighted by atomic mass is 16.9. The van der Waals surface area contributed by atoms with Crippen LogP contribution in [0.4, 0.5) is 0 Å². The summed E-state index contributed by atoms with van der Waals surface area (Å²) in [4.78, 5) is 25.9. The maximum Gasteiger partial charge on any atom is 0.331 e. The highest BCUT2D eigenvalue weighted by molar-refractivity contribution is 5.87. The minimum atomic E-state index is -0.929. The Hall–Kier alpha value is -2.77. The van der Waals surface area contributed by atoms with Crippen molar-refractivity contribution in [3.05, 3.63) is 45.0 Å². The minimum Gasteiger partial charge on any atom is -0.507 e. The smallest absolute Gasteiger partial charge is 0.331 e. The molecule has 0 unspecified atom stereocenters. The summed E-state index contributed by atoms with van der Waals surface area (Å²) in [6, 6.07) is 3.44. The Balaban J connectivity index is 1.91. The molecule has 8 nitrogen and oxygen atoms in total. The van der Waals surface area contributed by atoms with Crippen LogP contribution in [0.1, 0.15) is 50.2 Å². The number of aromatic hydroxyl groups is 1. The van der Waals surface area contributed by atoms with E-state index < -0.39 is 16.7 Å². The van der Waals surface area contributed by atoms with Crippen LogP contribution in [0.2, 0.25) is 0 Å². The molecule has 27 heavy (non-hydrogen) atoms. The van der Waals surface area contributed by atoms with E-state index in [9.17, 15) is 25.1 Å². The van der Waals surface area contributed by atoms with Gasteiger partial charge in [0.05, 0.1) is 6.61 Å². The maximum absolute atomic E-state index is 11.4. The Bertz CT molecular complexity index is 799. The summed E-state index contributed by atoms with van der Waals surface area (Å²) < 4.78 is 6.17. The Morgan fingerprint density at radius 3 is 2.85 bits per heavy atom. The van der Waals surface area contributed by atoms with E-state index in [1.807, 2.05) is 19.9 Å². The van der Waals surface area contributed by atoms with Gasteiger partial charge >= 0.3 is 5.97 Å². The molecule has 0 amide bonds. The second kappa shape index (κ2) is 7.09. The van der Waals surface area contributed by atoms with Crippen molar-refractivity contribution < 1.29 is 29.7 Å². The first kappa shape index (κ1) is 19.0. The van der Waals surface area contributed by atoms with Crippen LogP contribution < -0.4 is 4.74 Å². The molecule has 1 heterocycles. The minimum absolute atomic E-state index is 0.0212. The molecule has 1 aromatic carbocycles. The van der Waals surface area contributed by atoms with E-state index in [4.69, 9.17) is 4.74 Å². The number of phenolic OH excluding ortho intramolecular Hbond substituents is 1. The third-order valence-corrected chi connectivity index (χ3v) is 5.40. The summed E-state index contributed by atoms with van der Waals surface area (Å²) in [7, 11) is 0. The number of hydrogen-bond donors (Lipinski definition) is 2. The molecule has 0 aromatic heterocycles. The van der Waals surface area contributed by atoms with Gasteiger partial charge in [0.2, 0.25) is 0 Å². The summed E-state index contributed by atoms with van der Waals surface area (Å²) in [6.45, 7) is 3.93. The molecule has 8 heteroatoms. The van der Waals surface area contributed by atoms with E-state index in [-0.39, 0.29) is 24.2 Å². The third-order valence-electron chi connectivity index (χ3n) is 5.40. The first-order valence-corrected chi connectivity index (χ1v) is 8.95. The lowest BCUT2D eigenvalue weighted by atomic mass is 9.67. The van der Waals surface area contributed by atoms with Crippen LogP contribution in [0.15, 0.2) is 23.8 Å². The van der Waals surface area contributed by atoms with Crippen molar-refractivity contribution in [3.8, 4) is 11.5 Å². The molecule has 0 saturated heterocycles. The second-order valence-electron chi connectivity index (χ2n) is 7.56. The summed E-state index contributed by atoms with van der Waals surface area (Å²) >= 11 is 0. The normalized spacial score (nSPS) is 22.7. The van der Waals surface area contributed by atoms with Crippen LogP contribution in [0, 0.1) is 16.0 Å². The van der Waals surface area contributed by atoms with E-state index in [2.05, 4.69) is 4.84 Å². The van der Waals surface area contributed by atoms with E-state index in [1.54, 1.807) is 12.1 Å². The number of hydrogen-bond acceptors (Lipinski definition) is 6. The fraction of sp³-hybridized carbons (Fsp3) is 0.526. The number of aliphatic carboxylic acids is 1. The van der Waals surface area contributed by atoms with Gasteiger partial charge in [0.25, 0.3) is 5.09 Å². The molecule has 2 N–H and O–H groups in total. The number of rotatable bonds is 6. The Labute approximate surface area is 156 Å². The topological polar surface area (TPSA) is 119 Å². The lowest BCUT2D eigenvalue weighted by Crippen LogP contribution is -2.45. The van der Waals surface area contributed by atoms with Gasteiger partial charge in [-0.3, -0.25) is 0 Å². The van der Waals surface area contributed by atoms with Crippen molar-refractivity contribution in [2.24, 2.45) is 5.92 Å². The van der Waals surface area contributed by atoms with Crippen molar-refractivity contribution in [2.75, 3.05) is 6.61 Å². The number of carboxylic acids is 1. The number of benzene rings is 1. The molecule has 146 valence electrons. The lowest BCUT2D eigenvalue weighted by Gasteiger charge is -2.46. The van der Waals surface area contributed by atoms with Crippen LogP contribution in [-0.2, 0) is 16.1 Å². The monoisotopic (exact) mass is 377 g/mol. The largest absolute Gasteiger partial charge is 0.507 e. The molecule has 0 spiro atoms. The van der Waals surface area contributed by atoms with Gasteiger partial charge < -0.3 is 19.8 Å². The quantitative estimate of drug-likeness (QED) is 0.444. The molecular formula is C19H23NO7. The Morgan fingerprint density at radius 2 is 2.19 bits per heavy atom. The van der Waals surface area contributed by atoms with E-state index >= 15 is 0 Å². The number of ether oxygens (including phenoxy) is 1. The molecule has 1 aromatic rings. The first-order chi connectivity index (χ1) is 12.7. The highest BCUT2D eigenvalue weighted by Crippen LogP contribution is 2.53. The Morgan fingerprint density at radius 1 is 1.44 bits per heavy atom. The van der Waals surface area contributed by atoms with Gasteiger partial charge in [0, 0.05) is 23.0 Å². The van der Waals surface area contributed by atoms with E-state index in [1.165, 1.54) is 0 Å². The van der Waals surface area contributed by atoms with E-state index in [0.717, 1.165) is 5.56 Å². The SMILES string of the molecule is CC1(C)Oc2cc(CCCO[N+](=O)[O-])cc(O)c2[C@@H]2C=C(C(=O)O)CC[C@H]21. The molecule has 0 fully saturated rings. The van der Waals surface area contributed by atoms with Crippen molar-refractivity contribution in [3.63, 3.8) is 0 Å². The predicted octanol–water partition coefficient (Wildman–Crippen LogP) is 3.21. The molecule has 0 bridgehead atoms. The molecular weight excluding hydrogens is 354 g/mol. The number of carboxylic acid groups (broad SMARTS) is 1. The van der Waals surface area contributed by atoms with Crippen LogP contribution in [0.5, 0.6) is 11.5 Å². The zero-order valence-electron chi connectivity index (χ0n) is 15.3. The summed E-state index contributed by atoms with van der Waals surface area (Å²) in [5.74, 6) is -0.490. The number of allylic oxidation sites excluding steroid dienone is 1. The van der Waals surface area contributed by atoms with Crippen molar-refractivity contribution in [2.45, 2.75) is 51.0 Å². The van der Waals surface area contributed by atoms with Gasteiger partial charge in [0.1, 0.15) is 17.1 Å². The van der Waals surface area contributed by atoms with Crippen LogP contribution in [0.3, 0.4) is 0 Å². The standard InChI is InChI=1S/C19H23NO7/c1-19(2)14-6-5-12(18(22)23)10-13(14)17-15(21)8-11(9-16(17)27-19)4-3-7-26-20(24)25/h8-10,13-14,21H,3-7H2,1-2H3,(H,22,23)/t13-,14-/m1/s1. The zero-order chi connectivity index (χ0) is 19.8. The average molecular weight is 377 g/mol. The number of fused-ring (bicyclic) bond motifs is 3. The van der Waals surface area contributed by atoms with Crippen LogP contribution >= 0.6 is 0 Å². The fourth-order valence-electron chi connectivity index (χ4n) is 4.16. The van der Waals surface area contributed by atoms with Gasteiger partial charge in [-0.05, 0) is 57.2 Å². The Kier molecular flexibility index (Phi) is 4.99. The molecule has 3 rings (SSSR count). The molecule has 0 radical (unpaired) electrons. The summed E-state index contributed by atoms with van der Waals surface area (Å²) in [6.07, 6.45) is 3.81. The van der Waals surface area contributed by atoms with Gasteiger partial charge in [0.15, 0.2) is 0 Å². The maximum atomic E-state index is 11.4.